The van der Waals surface area contributed by atoms with Crippen LogP contribution in [0.3, 0.4) is 0 Å². The van der Waals surface area contributed by atoms with Crippen molar-refractivity contribution in [1.29, 1.82) is 0 Å². The largest absolute Gasteiger partial charge is 0.447 e. The Morgan fingerprint density at radius 3 is 2.25 bits per heavy atom. The number of ether oxygens (including phenoxy) is 2. The number of methoxy groups -OCH3 is 1. The molecule has 1 amide bonds. The predicted octanol–water partition coefficient (Wildman–Crippen LogP) is 1.11. The molecular formula is C8H17NO3. The molecule has 0 rings (SSSR count). The van der Waals surface area contributed by atoms with Gasteiger partial charge in [-0.2, -0.15) is 0 Å². The number of hydrogen-bond acceptors (Lipinski definition) is 3. The van der Waals surface area contributed by atoms with E-state index in [9.17, 15) is 4.79 Å². The fourth-order valence-corrected chi connectivity index (χ4v) is 0.785. The van der Waals surface area contributed by atoms with Crippen molar-refractivity contribution >= 4 is 6.09 Å². The second kappa shape index (κ2) is 6.91. The number of amides is 1. The van der Waals surface area contributed by atoms with Crippen LogP contribution in [0.4, 0.5) is 4.79 Å². The van der Waals surface area contributed by atoms with Crippen LogP contribution in [0.15, 0.2) is 0 Å². The zero-order valence-corrected chi connectivity index (χ0v) is 8.00. The van der Waals surface area contributed by atoms with Gasteiger partial charge in [0.15, 0.2) is 0 Å². The van der Waals surface area contributed by atoms with E-state index in [1.165, 1.54) is 0 Å². The van der Waals surface area contributed by atoms with Crippen LogP contribution in [-0.2, 0) is 9.47 Å². The Labute approximate surface area is 73.4 Å². The summed E-state index contributed by atoms with van der Waals surface area (Å²) in [5.41, 5.74) is 0. The van der Waals surface area contributed by atoms with Crippen molar-refractivity contribution < 1.29 is 14.3 Å². The normalized spacial score (nSPS) is 9.58. The van der Waals surface area contributed by atoms with Gasteiger partial charge in [-0.05, 0) is 13.8 Å². The van der Waals surface area contributed by atoms with Gasteiger partial charge in [-0.25, -0.2) is 4.79 Å². The maximum atomic E-state index is 11.1. The van der Waals surface area contributed by atoms with Crippen LogP contribution in [0, 0.1) is 0 Å². The van der Waals surface area contributed by atoms with Gasteiger partial charge in [0.05, 0.1) is 6.61 Å². The predicted molar refractivity (Wildman–Crippen MR) is 46.1 cm³/mol. The van der Waals surface area contributed by atoms with Crippen molar-refractivity contribution in [2.75, 3.05) is 33.4 Å². The van der Waals surface area contributed by atoms with E-state index in [1.807, 2.05) is 13.8 Å². The molecule has 0 spiro atoms. The minimum atomic E-state index is -0.267. The molecule has 4 nitrogen and oxygen atoms in total. The highest BCUT2D eigenvalue weighted by Crippen LogP contribution is 1.92. The van der Waals surface area contributed by atoms with Gasteiger partial charge in [-0.1, -0.05) is 0 Å². The van der Waals surface area contributed by atoms with Crippen LogP contribution in [0.5, 0.6) is 0 Å². The van der Waals surface area contributed by atoms with Crippen molar-refractivity contribution in [2.45, 2.75) is 13.8 Å². The van der Waals surface area contributed by atoms with Crippen LogP contribution < -0.4 is 0 Å². The quantitative estimate of drug-likeness (QED) is 0.587. The Hall–Kier alpha value is -0.770. The minimum Gasteiger partial charge on any atom is -0.447 e. The third-order valence-electron chi connectivity index (χ3n) is 1.53. The summed E-state index contributed by atoms with van der Waals surface area (Å²) in [7, 11) is 1.57. The van der Waals surface area contributed by atoms with Gasteiger partial charge in [-0.3, -0.25) is 0 Å². The van der Waals surface area contributed by atoms with Crippen molar-refractivity contribution in [3.8, 4) is 0 Å². The highest BCUT2D eigenvalue weighted by Gasteiger charge is 2.09. The summed E-state index contributed by atoms with van der Waals surface area (Å²) in [6.45, 7) is 5.98. The Morgan fingerprint density at radius 1 is 1.25 bits per heavy atom. The monoisotopic (exact) mass is 175 g/mol. The Morgan fingerprint density at radius 2 is 1.83 bits per heavy atom. The molecule has 0 bridgehead atoms. The van der Waals surface area contributed by atoms with E-state index in [1.54, 1.807) is 12.0 Å². The lowest BCUT2D eigenvalue weighted by Crippen LogP contribution is -2.31. The van der Waals surface area contributed by atoms with Crippen molar-refractivity contribution in [3.63, 3.8) is 0 Å². The molecule has 0 aromatic heterocycles. The second-order valence-electron chi connectivity index (χ2n) is 2.28. The summed E-state index contributed by atoms with van der Waals surface area (Å²) in [5.74, 6) is 0. The fraction of sp³-hybridized carbons (Fsp3) is 0.875. The van der Waals surface area contributed by atoms with Crippen molar-refractivity contribution in [3.05, 3.63) is 0 Å². The third kappa shape index (κ3) is 4.18. The van der Waals surface area contributed by atoms with E-state index >= 15 is 0 Å². The van der Waals surface area contributed by atoms with Gasteiger partial charge in [0.2, 0.25) is 0 Å². The third-order valence-corrected chi connectivity index (χ3v) is 1.53. The molecule has 72 valence electrons. The summed E-state index contributed by atoms with van der Waals surface area (Å²) in [6.07, 6.45) is -0.267. The fourth-order valence-electron chi connectivity index (χ4n) is 0.785. The van der Waals surface area contributed by atoms with Crippen molar-refractivity contribution in [1.82, 2.24) is 4.90 Å². The minimum absolute atomic E-state index is 0.267. The van der Waals surface area contributed by atoms with E-state index in [2.05, 4.69) is 0 Å². The average molecular weight is 175 g/mol. The van der Waals surface area contributed by atoms with Crippen molar-refractivity contribution in [2.24, 2.45) is 0 Å². The first-order valence-electron chi connectivity index (χ1n) is 4.16. The molecule has 0 fully saturated rings. The standard InChI is InChI=1S/C8H17NO3/c1-4-9(5-2)8(10)12-7-6-11-3/h4-7H2,1-3H3. The molecule has 0 aromatic rings. The highest BCUT2D eigenvalue weighted by atomic mass is 16.6. The van der Waals surface area contributed by atoms with E-state index in [0.29, 0.717) is 26.3 Å². The second-order valence-corrected chi connectivity index (χ2v) is 2.28. The zero-order valence-electron chi connectivity index (χ0n) is 8.00. The van der Waals surface area contributed by atoms with E-state index < -0.39 is 0 Å². The first-order chi connectivity index (χ1) is 5.76. The van der Waals surface area contributed by atoms with Crippen LogP contribution in [0.25, 0.3) is 0 Å². The van der Waals surface area contributed by atoms with Gasteiger partial charge in [0, 0.05) is 20.2 Å². The Bertz CT molecular complexity index is 123. The number of carbonyl (C=O) groups excluding carboxylic acids is 1. The summed E-state index contributed by atoms with van der Waals surface area (Å²) in [5, 5.41) is 0. The molecule has 0 aliphatic carbocycles. The number of hydrogen-bond donors (Lipinski definition) is 0. The molecule has 12 heavy (non-hydrogen) atoms. The lowest BCUT2D eigenvalue weighted by molar-refractivity contribution is 0.0741. The zero-order chi connectivity index (χ0) is 9.40. The number of nitrogens with zero attached hydrogens (tertiary/aromatic N) is 1. The van der Waals surface area contributed by atoms with E-state index in [4.69, 9.17) is 9.47 Å². The van der Waals surface area contributed by atoms with Crippen LogP contribution in [0.1, 0.15) is 13.8 Å². The van der Waals surface area contributed by atoms with Gasteiger partial charge in [0.1, 0.15) is 6.61 Å². The molecule has 0 aromatic carbocycles. The Kier molecular flexibility index (Phi) is 6.47. The molecule has 0 saturated heterocycles. The van der Waals surface area contributed by atoms with E-state index in [-0.39, 0.29) is 6.09 Å². The molecule has 4 heteroatoms. The molecular weight excluding hydrogens is 158 g/mol. The van der Waals surface area contributed by atoms with Gasteiger partial charge in [-0.15, -0.1) is 0 Å². The Balaban J connectivity index is 3.54. The number of rotatable bonds is 5. The molecule has 0 radical (unpaired) electrons. The van der Waals surface area contributed by atoms with E-state index in [0.717, 1.165) is 0 Å². The molecule has 0 aliphatic heterocycles. The first-order valence-corrected chi connectivity index (χ1v) is 4.16. The SMILES string of the molecule is CCN(CC)C(=O)OCCOC. The highest BCUT2D eigenvalue weighted by molar-refractivity contribution is 5.67. The maximum absolute atomic E-state index is 11.1. The van der Waals surface area contributed by atoms with Crippen LogP contribution in [-0.4, -0.2) is 44.4 Å². The van der Waals surface area contributed by atoms with Crippen LogP contribution in [0.2, 0.25) is 0 Å². The molecule has 0 saturated carbocycles. The summed E-state index contributed by atoms with van der Waals surface area (Å²) >= 11 is 0. The average Bonchev–Trinajstić information content (AvgIpc) is 2.07. The maximum Gasteiger partial charge on any atom is 0.409 e. The van der Waals surface area contributed by atoms with Gasteiger partial charge >= 0.3 is 6.09 Å². The molecule has 0 heterocycles. The summed E-state index contributed by atoms with van der Waals surface area (Å²) in [6, 6.07) is 0. The summed E-state index contributed by atoms with van der Waals surface area (Å²) < 4.78 is 9.63. The topological polar surface area (TPSA) is 38.8 Å². The van der Waals surface area contributed by atoms with Gasteiger partial charge < -0.3 is 14.4 Å². The van der Waals surface area contributed by atoms with Crippen LogP contribution >= 0.6 is 0 Å². The smallest absolute Gasteiger partial charge is 0.409 e. The molecule has 0 atom stereocenters. The lowest BCUT2D eigenvalue weighted by atomic mass is 10.5. The molecule has 0 unspecified atom stereocenters. The summed E-state index contributed by atoms with van der Waals surface area (Å²) in [4.78, 5) is 12.7. The lowest BCUT2D eigenvalue weighted by Gasteiger charge is -2.17. The molecule has 0 aliphatic rings. The molecule has 0 N–H and O–H groups in total. The van der Waals surface area contributed by atoms with Gasteiger partial charge in [0.25, 0.3) is 0 Å². The number of carbonyl (C=O) groups is 1. The first kappa shape index (κ1) is 11.2.